The summed E-state index contributed by atoms with van der Waals surface area (Å²) in [5.74, 6) is 1.31. The molecule has 0 aliphatic heterocycles. The Hall–Kier alpha value is -1.81. The van der Waals surface area contributed by atoms with Crippen LogP contribution < -0.4 is 10.6 Å². The van der Waals surface area contributed by atoms with Gasteiger partial charge in [0.1, 0.15) is 5.82 Å². The maximum absolute atomic E-state index is 6.05. The van der Waals surface area contributed by atoms with Crippen LogP contribution in [0.3, 0.4) is 0 Å². The van der Waals surface area contributed by atoms with Crippen molar-refractivity contribution >= 4 is 29.1 Å². The van der Waals surface area contributed by atoms with Crippen molar-refractivity contribution in [3.63, 3.8) is 0 Å². The molecule has 1 aromatic heterocycles. The van der Waals surface area contributed by atoms with E-state index in [1.54, 1.807) is 12.3 Å². The van der Waals surface area contributed by atoms with Gasteiger partial charge in [0.15, 0.2) is 0 Å². The molecule has 0 amide bonds. The van der Waals surface area contributed by atoms with Crippen LogP contribution in [-0.4, -0.2) is 16.5 Å². The van der Waals surface area contributed by atoms with Crippen LogP contribution in [0.15, 0.2) is 36.5 Å². The number of rotatable bonds is 4. The van der Waals surface area contributed by atoms with E-state index in [1.807, 2.05) is 31.2 Å². The number of nitrogens with one attached hydrogen (secondary N) is 2. The smallest absolute Gasteiger partial charge is 0.224 e. The first-order valence-corrected chi connectivity index (χ1v) is 5.76. The largest absolute Gasteiger partial charge is 0.354 e. The van der Waals surface area contributed by atoms with Crippen LogP contribution in [0.4, 0.5) is 17.5 Å². The van der Waals surface area contributed by atoms with Crippen molar-refractivity contribution in [2.24, 2.45) is 0 Å². The lowest BCUT2D eigenvalue weighted by Gasteiger charge is -2.08. The van der Waals surface area contributed by atoms with E-state index in [1.165, 1.54) is 0 Å². The molecule has 4 nitrogen and oxygen atoms in total. The van der Waals surface area contributed by atoms with Gasteiger partial charge in [-0.2, -0.15) is 4.98 Å². The van der Waals surface area contributed by atoms with Gasteiger partial charge in [0.2, 0.25) is 5.95 Å². The molecule has 0 aliphatic carbocycles. The molecule has 0 spiro atoms. The van der Waals surface area contributed by atoms with Crippen molar-refractivity contribution in [3.8, 4) is 0 Å². The number of benzene rings is 1. The minimum atomic E-state index is 0.601. The van der Waals surface area contributed by atoms with E-state index in [-0.39, 0.29) is 0 Å². The highest BCUT2D eigenvalue weighted by atomic mass is 35.5. The lowest BCUT2D eigenvalue weighted by atomic mass is 10.3. The first-order valence-electron chi connectivity index (χ1n) is 5.38. The maximum atomic E-state index is 6.05. The first-order chi connectivity index (χ1) is 8.29. The van der Waals surface area contributed by atoms with Crippen molar-refractivity contribution in [1.82, 2.24) is 9.97 Å². The maximum Gasteiger partial charge on any atom is 0.224 e. The second kappa shape index (κ2) is 5.50. The highest BCUT2D eigenvalue weighted by Crippen LogP contribution is 2.23. The summed E-state index contributed by atoms with van der Waals surface area (Å²) in [6.07, 6.45) is 1.70. The summed E-state index contributed by atoms with van der Waals surface area (Å²) in [7, 11) is 0. The summed E-state index contributed by atoms with van der Waals surface area (Å²) in [6, 6.07) is 9.33. The van der Waals surface area contributed by atoms with Crippen molar-refractivity contribution in [2.75, 3.05) is 17.2 Å². The molecule has 0 bridgehead atoms. The summed E-state index contributed by atoms with van der Waals surface area (Å²) in [6.45, 7) is 2.78. The highest BCUT2D eigenvalue weighted by molar-refractivity contribution is 6.33. The Morgan fingerprint density at radius 3 is 2.82 bits per heavy atom. The Labute approximate surface area is 105 Å². The molecule has 0 saturated carbocycles. The summed E-state index contributed by atoms with van der Waals surface area (Å²) in [4.78, 5) is 8.40. The third kappa shape index (κ3) is 3.07. The third-order valence-corrected chi connectivity index (χ3v) is 2.46. The number of hydrogen-bond acceptors (Lipinski definition) is 4. The topological polar surface area (TPSA) is 49.8 Å². The Balaban J connectivity index is 2.18. The predicted octanol–water partition coefficient (Wildman–Crippen LogP) is 3.31. The van der Waals surface area contributed by atoms with Gasteiger partial charge < -0.3 is 10.6 Å². The Morgan fingerprint density at radius 1 is 1.24 bits per heavy atom. The Morgan fingerprint density at radius 2 is 2.06 bits per heavy atom. The fourth-order valence-corrected chi connectivity index (χ4v) is 1.56. The van der Waals surface area contributed by atoms with Crippen molar-refractivity contribution in [1.29, 1.82) is 0 Å². The molecule has 0 radical (unpaired) electrons. The van der Waals surface area contributed by atoms with E-state index in [9.17, 15) is 0 Å². The molecule has 88 valence electrons. The summed E-state index contributed by atoms with van der Waals surface area (Å²) >= 11 is 6.05. The quantitative estimate of drug-likeness (QED) is 0.872. The zero-order chi connectivity index (χ0) is 12.1. The molecular weight excluding hydrogens is 236 g/mol. The van der Waals surface area contributed by atoms with Crippen molar-refractivity contribution < 1.29 is 0 Å². The van der Waals surface area contributed by atoms with E-state index >= 15 is 0 Å². The normalized spacial score (nSPS) is 10.0. The minimum Gasteiger partial charge on any atom is -0.354 e. The molecule has 5 heteroatoms. The standard InChI is InChI=1S/C12H13ClN4/c1-2-14-12-15-8-7-11(17-12)16-10-6-4-3-5-9(10)13/h3-8H,2H2,1H3,(H2,14,15,16,17). The van der Waals surface area contributed by atoms with Crippen molar-refractivity contribution in [2.45, 2.75) is 6.92 Å². The molecule has 2 aromatic rings. The number of halogens is 1. The monoisotopic (exact) mass is 248 g/mol. The SMILES string of the molecule is CCNc1nccc(Nc2ccccc2Cl)n1. The van der Waals surface area contributed by atoms with Gasteiger partial charge in [-0.15, -0.1) is 0 Å². The van der Waals surface area contributed by atoms with Crippen molar-refractivity contribution in [3.05, 3.63) is 41.6 Å². The summed E-state index contributed by atoms with van der Waals surface area (Å²) in [5, 5.41) is 6.86. The molecule has 2 N–H and O–H groups in total. The van der Waals surface area contributed by atoms with E-state index < -0.39 is 0 Å². The lowest BCUT2D eigenvalue weighted by molar-refractivity contribution is 1.09. The lowest BCUT2D eigenvalue weighted by Crippen LogP contribution is -2.03. The molecule has 17 heavy (non-hydrogen) atoms. The zero-order valence-electron chi connectivity index (χ0n) is 9.44. The van der Waals surface area contributed by atoms with E-state index in [2.05, 4.69) is 20.6 Å². The fourth-order valence-electron chi connectivity index (χ4n) is 1.37. The second-order valence-corrected chi connectivity index (χ2v) is 3.81. The van der Waals surface area contributed by atoms with Crippen LogP contribution in [0.5, 0.6) is 0 Å². The molecule has 0 aliphatic rings. The highest BCUT2D eigenvalue weighted by Gasteiger charge is 2.01. The Bertz CT molecular complexity index is 501. The number of aromatic nitrogens is 2. The predicted molar refractivity (Wildman–Crippen MR) is 70.9 cm³/mol. The summed E-state index contributed by atoms with van der Waals surface area (Å²) < 4.78 is 0. The second-order valence-electron chi connectivity index (χ2n) is 3.40. The summed E-state index contributed by atoms with van der Waals surface area (Å²) in [5.41, 5.74) is 0.829. The molecule has 0 saturated heterocycles. The van der Waals surface area contributed by atoms with Gasteiger partial charge in [0.25, 0.3) is 0 Å². The van der Waals surface area contributed by atoms with Crippen LogP contribution in [0.1, 0.15) is 6.92 Å². The molecule has 2 rings (SSSR count). The molecule has 0 fully saturated rings. The molecular formula is C12H13ClN4. The first kappa shape index (κ1) is 11.7. The Kier molecular flexibility index (Phi) is 3.77. The molecule has 0 atom stereocenters. The van der Waals surface area contributed by atoms with Gasteiger partial charge in [-0.25, -0.2) is 4.98 Å². The third-order valence-electron chi connectivity index (χ3n) is 2.13. The van der Waals surface area contributed by atoms with Gasteiger partial charge in [-0.3, -0.25) is 0 Å². The molecule has 1 aromatic carbocycles. The van der Waals surface area contributed by atoms with E-state index in [4.69, 9.17) is 11.6 Å². The number of anilines is 3. The van der Waals surface area contributed by atoms with Gasteiger partial charge >= 0.3 is 0 Å². The van der Waals surface area contributed by atoms with E-state index in [0.29, 0.717) is 16.8 Å². The van der Waals surface area contributed by atoms with Crippen LogP contribution in [0, 0.1) is 0 Å². The van der Waals surface area contributed by atoms with Gasteiger partial charge in [0, 0.05) is 12.7 Å². The van der Waals surface area contributed by atoms with E-state index in [0.717, 1.165) is 12.2 Å². The average Bonchev–Trinajstić information content (AvgIpc) is 2.33. The molecule has 1 heterocycles. The van der Waals surface area contributed by atoms with Crippen LogP contribution in [0.25, 0.3) is 0 Å². The molecule has 0 unspecified atom stereocenters. The van der Waals surface area contributed by atoms with Crippen LogP contribution in [-0.2, 0) is 0 Å². The fraction of sp³-hybridized carbons (Fsp3) is 0.167. The minimum absolute atomic E-state index is 0.601. The average molecular weight is 249 g/mol. The van der Waals surface area contributed by atoms with Gasteiger partial charge in [-0.1, -0.05) is 23.7 Å². The number of hydrogen-bond donors (Lipinski definition) is 2. The zero-order valence-corrected chi connectivity index (χ0v) is 10.2. The van der Waals surface area contributed by atoms with Crippen LogP contribution >= 0.6 is 11.6 Å². The number of para-hydroxylation sites is 1. The van der Waals surface area contributed by atoms with Gasteiger partial charge in [0.05, 0.1) is 10.7 Å². The van der Waals surface area contributed by atoms with Gasteiger partial charge in [-0.05, 0) is 25.1 Å². The van der Waals surface area contributed by atoms with Crippen LogP contribution in [0.2, 0.25) is 5.02 Å². The number of nitrogens with zero attached hydrogens (tertiary/aromatic N) is 2.